The van der Waals surface area contributed by atoms with Crippen molar-refractivity contribution in [3.63, 3.8) is 0 Å². The lowest BCUT2D eigenvalue weighted by molar-refractivity contribution is -0.140. The SMILES string of the molecule is CCCCNC(=O)[C@H](CC)N(Cc1ccc(OC)cc1)C(=O)CN(c1cccc(C)c1)S(=O)(=O)c1ccc(Cl)cc1. The number of aryl methyl sites for hydroxylation is 1. The van der Waals surface area contributed by atoms with Crippen molar-refractivity contribution in [1.29, 1.82) is 0 Å². The molecule has 1 atom stereocenters. The van der Waals surface area contributed by atoms with Gasteiger partial charge in [0.05, 0.1) is 17.7 Å². The van der Waals surface area contributed by atoms with Gasteiger partial charge in [-0.2, -0.15) is 0 Å². The van der Waals surface area contributed by atoms with Crippen molar-refractivity contribution in [2.75, 3.05) is 24.5 Å². The van der Waals surface area contributed by atoms with Crippen molar-refractivity contribution >= 4 is 39.1 Å². The molecular formula is C31H38ClN3O5S. The first-order valence-electron chi connectivity index (χ1n) is 13.7. The number of unbranched alkanes of at least 4 members (excludes halogenated alkanes) is 1. The second kappa shape index (κ2) is 14.9. The first kappa shape index (κ1) is 32.0. The largest absolute Gasteiger partial charge is 0.497 e. The minimum absolute atomic E-state index is 0.00209. The first-order chi connectivity index (χ1) is 19.6. The predicted octanol–water partition coefficient (Wildman–Crippen LogP) is 5.58. The monoisotopic (exact) mass is 599 g/mol. The van der Waals surface area contributed by atoms with Gasteiger partial charge in [0.1, 0.15) is 18.3 Å². The van der Waals surface area contributed by atoms with Gasteiger partial charge in [-0.3, -0.25) is 13.9 Å². The lowest BCUT2D eigenvalue weighted by Gasteiger charge is -2.33. The molecule has 0 spiro atoms. The Labute approximate surface area is 248 Å². The van der Waals surface area contributed by atoms with E-state index in [0.717, 1.165) is 28.3 Å². The van der Waals surface area contributed by atoms with E-state index in [9.17, 15) is 18.0 Å². The van der Waals surface area contributed by atoms with E-state index >= 15 is 0 Å². The number of nitrogens with one attached hydrogen (secondary N) is 1. The number of methoxy groups -OCH3 is 1. The number of benzene rings is 3. The number of hydrogen-bond donors (Lipinski definition) is 1. The van der Waals surface area contributed by atoms with Crippen LogP contribution >= 0.6 is 11.6 Å². The first-order valence-corrected chi connectivity index (χ1v) is 15.5. The molecule has 220 valence electrons. The molecule has 2 amide bonds. The Balaban J connectivity index is 2.03. The average Bonchev–Trinajstić information content (AvgIpc) is 2.96. The highest BCUT2D eigenvalue weighted by atomic mass is 35.5. The Morgan fingerprint density at radius 3 is 2.27 bits per heavy atom. The smallest absolute Gasteiger partial charge is 0.264 e. The minimum atomic E-state index is -4.16. The van der Waals surface area contributed by atoms with Gasteiger partial charge in [0.15, 0.2) is 0 Å². The summed E-state index contributed by atoms with van der Waals surface area (Å²) in [4.78, 5) is 28.8. The van der Waals surface area contributed by atoms with Crippen molar-refractivity contribution in [1.82, 2.24) is 10.2 Å². The molecule has 8 nitrogen and oxygen atoms in total. The number of anilines is 1. The molecule has 0 saturated carbocycles. The van der Waals surface area contributed by atoms with Gasteiger partial charge in [0.2, 0.25) is 11.8 Å². The van der Waals surface area contributed by atoms with E-state index in [1.807, 2.05) is 39.0 Å². The molecule has 0 unspecified atom stereocenters. The molecule has 0 saturated heterocycles. The standard InChI is InChI=1S/C31H38ClN3O5S/c1-5-7-19-33-31(37)29(6-2)34(21-24-11-15-27(40-4)16-12-24)30(36)22-35(26-10-8-9-23(3)20-26)41(38,39)28-17-13-25(32)14-18-28/h8-18,20,29H,5-7,19,21-22H2,1-4H3,(H,33,37)/t29-/m0/s1. The number of carbonyl (C=O) groups is 2. The quantitative estimate of drug-likeness (QED) is 0.244. The zero-order valence-corrected chi connectivity index (χ0v) is 25.5. The average molecular weight is 600 g/mol. The summed E-state index contributed by atoms with van der Waals surface area (Å²) < 4.78 is 34.2. The highest BCUT2D eigenvalue weighted by molar-refractivity contribution is 7.92. The molecule has 0 fully saturated rings. The van der Waals surface area contributed by atoms with Crippen LogP contribution in [0.4, 0.5) is 5.69 Å². The number of sulfonamides is 1. The second-order valence-corrected chi connectivity index (χ2v) is 12.0. The summed E-state index contributed by atoms with van der Waals surface area (Å²) in [6, 6.07) is 19.2. The van der Waals surface area contributed by atoms with Crippen LogP contribution < -0.4 is 14.4 Å². The molecule has 0 radical (unpaired) electrons. The van der Waals surface area contributed by atoms with Crippen LogP contribution in [-0.2, 0) is 26.2 Å². The summed E-state index contributed by atoms with van der Waals surface area (Å²) >= 11 is 6.01. The number of hydrogen-bond acceptors (Lipinski definition) is 5. The van der Waals surface area contributed by atoms with E-state index in [1.54, 1.807) is 37.4 Å². The van der Waals surface area contributed by atoms with E-state index in [2.05, 4.69) is 5.32 Å². The van der Waals surface area contributed by atoms with Crippen LogP contribution in [0.25, 0.3) is 0 Å². The zero-order valence-electron chi connectivity index (χ0n) is 24.0. The molecule has 0 aromatic heterocycles. The topological polar surface area (TPSA) is 96.0 Å². The molecule has 0 aliphatic heterocycles. The molecule has 3 rings (SSSR count). The molecule has 3 aromatic rings. The van der Waals surface area contributed by atoms with Crippen molar-refractivity contribution < 1.29 is 22.7 Å². The normalized spacial score (nSPS) is 11.9. The van der Waals surface area contributed by atoms with Gasteiger partial charge < -0.3 is 15.0 Å². The van der Waals surface area contributed by atoms with Crippen LogP contribution in [0.3, 0.4) is 0 Å². The van der Waals surface area contributed by atoms with Crippen LogP contribution in [0.1, 0.15) is 44.2 Å². The lowest BCUT2D eigenvalue weighted by atomic mass is 10.1. The molecule has 10 heteroatoms. The third-order valence-electron chi connectivity index (χ3n) is 6.70. The van der Waals surface area contributed by atoms with Crippen LogP contribution in [-0.4, -0.2) is 51.4 Å². The molecule has 0 aliphatic rings. The Kier molecular flexibility index (Phi) is 11.6. The zero-order chi connectivity index (χ0) is 30.0. The Hall–Kier alpha value is -3.56. The van der Waals surface area contributed by atoms with Gasteiger partial charge in [0.25, 0.3) is 10.0 Å². The lowest BCUT2D eigenvalue weighted by Crippen LogP contribution is -2.52. The van der Waals surface area contributed by atoms with Crippen molar-refractivity contribution in [3.8, 4) is 5.75 Å². The maximum Gasteiger partial charge on any atom is 0.264 e. The van der Waals surface area contributed by atoms with Crippen LogP contribution in [0.5, 0.6) is 5.75 Å². The third kappa shape index (κ3) is 8.47. The second-order valence-electron chi connectivity index (χ2n) is 9.74. The Bertz CT molecular complexity index is 1410. The van der Waals surface area contributed by atoms with Crippen molar-refractivity contribution in [2.45, 2.75) is 57.5 Å². The summed E-state index contributed by atoms with van der Waals surface area (Å²) in [5.41, 5.74) is 1.96. The number of amides is 2. The highest BCUT2D eigenvalue weighted by Gasteiger charge is 2.33. The van der Waals surface area contributed by atoms with Crippen LogP contribution in [0.2, 0.25) is 5.02 Å². The van der Waals surface area contributed by atoms with Crippen LogP contribution in [0.15, 0.2) is 77.7 Å². The number of rotatable bonds is 14. The number of ether oxygens (including phenoxy) is 1. The van der Waals surface area contributed by atoms with Gasteiger partial charge in [-0.15, -0.1) is 0 Å². The molecule has 1 N–H and O–H groups in total. The van der Waals surface area contributed by atoms with Gasteiger partial charge >= 0.3 is 0 Å². The fourth-order valence-electron chi connectivity index (χ4n) is 4.40. The van der Waals surface area contributed by atoms with E-state index in [0.29, 0.717) is 29.4 Å². The van der Waals surface area contributed by atoms with E-state index in [4.69, 9.17) is 16.3 Å². The Morgan fingerprint density at radius 1 is 1.00 bits per heavy atom. The highest BCUT2D eigenvalue weighted by Crippen LogP contribution is 2.26. The summed E-state index contributed by atoms with van der Waals surface area (Å²) in [7, 11) is -2.59. The van der Waals surface area contributed by atoms with Crippen molar-refractivity contribution in [3.05, 3.63) is 88.9 Å². The summed E-state index contributed by atoms with van der Waals surface area (Å²) in [5.74, 6) is -0.113. The summed E-state index contributed by atoms with van der Waals surface area (Å²) in [6.07, 6.45) is 2.09. The molecule has 41 heavy (non-hydrogen) atoms. The predicted molar refractivity (Wildman–Crippen MR) is 163 cm³/mol. The molecule has 0 aliphatic carbocycles. The van der Waals surface area contributed by atoms with Crippen molar-refractivity contribution in [2.24, 2.45) is 0 Å². The molecule has 0 bridgehead atoms. The Morgan fingerprint density at radius 2 is 1.68 bits per heavy atom. The maximum absolute atomic E-state index is 14.1. The number of carbonyl (C=O) groups excluding carboxylic acids is 2. The van der Waals surface area contributed by atoms with Crippen LogP contribution in [0, 0.1) is 6.92 Å². The maximum atomic E-state index is 14.1. The number of halogens is 1. The summed E-state index contributed by atoms with van der Waals surface area (Å²) in [5, 5.41) is 3.33. The summed E-state index contributed by atoms with van der Waals surface area (Å²) in [6.45, 7) is 5.83. The fraction of sp³-hybridized carbons (Fsp3) is 0.355. The minimum Gasteiger partial charge on any atom is -0.497 e. The third-order valence-corrected chi connectivity index (χ3v) is 8.74. The van der Waals surface area contributed by atoms with E-state index in [-0.39, 0.29) is 17.3 Å². The number of nitrogens with zero attached hydrogens (tertiary/aromatic N) is 2. The van der Waals surface area contributed by atoms with E-state index < -0.39 is 28.5 Å². The van der Waals surface area contributed by atoms with Gasteiger partial charge in [0, 0.05) is 18.1 Å². The molecular weight excluding hydrogens is 562 g/mol. The van der Waals surface area contributed by atoms with Gasteiger partial charge in [-0.05, 0) is 79.4 Å². The van der Waals surface area contributed by atoms with Gasteiger partial charge in [-0.1, -0.05) is 56.1 Å². The van der Waals surface area contributed by atoms with Gasteiger partial charge in [-0.25, -0.2) is 8.42 Å². The van der Waals surface area contributed by atoms with E-state index in [1.165, 1.54) is 29.2 Å². The fourth-order valence-corrected chi connectivity index (χ4v) is 5.93. The molecule has 0 heterocycles. The molecule has 3 aromatic carbocycles.